The van der Waals surface area contributed by atoms with E-state index in [9.17, 15) is 4.79 Å². The zero-order chi connectivity index (χ0) is 12.3. The van der Waals surface area contributed by atoms with E-state index in [0.717, 1.165) is 5.56 Å². The van der Waals surface area contributed by atoms with Gasteiger partial charge in [-0.15, -0.1) is 0 Å². The monoisotopic (exact) mass is 229 g/mol. The second kappa shape index (κ2) is 4.82. The van der Waals surface area contributed by atoms with Crippen molar-refractivity contribution in [3.63, 3.8) is 0 Å². The Morgan fingerprint density at radius 3 is 2.65 bits per heavy atom. The molecule has 0 saturated carbocycles. The molecule has 0 aliphatic rings. The predicted octanol–water partition coefficient (Wildman–Crippen LogP) is 2.24. The summed E-state index contributed by atoms with van der Waals surface area (Å²) >= 11 is 0. The highest BCUT2D eigenvalue weighted by Crippen LogP contribution is 2.19. The normalized spacial score (nSPS) is 12.1. The second-order valence-electron chi connectivity index (χ2n) is 3.94. The van der Waals surface area contributed by atoms with Crippen molar-refractivity contribution in [2.45, 2.75) is 13.0 Å². The van der Waals surface area contributed by atoms with Crippen LogP contribution in [0.2, 0.25) is 0 Å². The Morgan fingerprint density at radius 2 is 2.06 bits per heavy atom. The first-order chi connectivity index (χ1) is 8.20. The lowest BCUT2D eigenvalue weighted by Gasteiger charge is -2.24. The highest BCUT2D eigenvalue weighted by Gasteiger charge is 2.20. The van der Waals surface area contributed by atoms with Gasteiger partial charge in [0.05, 0.1) is 6.04 Å². The first-order valence-electron chi connectivity index (χ1n) is 5.51. The maximum absolute atomic E-state index is 12.1. The first kappa shape index (κ1) is 11.4. The maximum atomic E-state index is 12.1. The molecule has 1 aromatic heterocycles. The van der Waals surface area contributed by atoms with Crippen molar-refractivity contribution in [2.24, 2.45) is 0 Å². The lowest BCUT2D eigenvalue weighted by atomic mass is 10.1. The lowest BCUT2D eigenvalue weighted by Crippen LogP contribution is -2.30. The van der Waals surface area contributed by atoms with Crippen LogP contribution in [-0.2, 0) is 0 Å². The van der Waals surface area contributed by atoms with Gasteiger partial charge in [-0.1, -0.05) is 30.3 Å². The molecule has 0 aliphatic carbocycles. The Labute approximate surface area is 100 Å². The predicted molar refractivity (Wildman–Crippen MR) is 65.5 cm³/mol. The number of imidazole rings is 1. The van der Waals surface area contributed by atoms with Gasteiger partial charge in [0.25, 0.3) is 5.91 Å². The number of amides is 1. The van der Waals surface area contributed by atoms with E-state index in [0.29, 0.717) is 5.82 Å². The summed E-state index contributed by atoms with van der Waals surface area (Å²) in [5.74, 6) is 0.265. The number of aromatic nitrogens is 2. The molecule has 0 spiro atoms. The van der Waals surface area contributed by atoms with E-state index in [4.69, 9.17) is 0 Å². The van der Waals surface area contributed by atoms with Crippen molar-refractivity contribution in [2.75, 3.05) is 7.05 Å². The second-order valence-corrected chi connectivity index (χ2v) is 3.94. The Bertz CT molecular complexity index is 479. The van der Waals surface area contributed by atoms with Gasteiger partial charge in [0.15, 0.2) is 5.82 Å². The van der Waals surface area contributed by atoms with E-state index < -0.39 is 0 Å². The van der Waals surface area contributed by atoms with Crippen molar-refractivity contribution in [1.29, 1.82) is 0 Å². The Balaban J connectivity index is 2.15. The topological polar surface area (TPSA) is 49.0 Å². The fourth-order valence-corrected chi connectivity index (χ4v) is 1.68. The molecule has 88 valence electrons. The molecule has 0 bridgehead atoms. The van der Waals surface area contributed by atoms with Crippen molar-refractivity contribution in [1.82, 2.24) is 14.9 Å². The average Bonchev–Trinajstić information content (AvgIpc) is 2.91. The third-order valence-corrected chi connectivity index (χ3v) is 2.88. The molecule has 0 saturated heterocycles. The van der Waals surface area contributed by atoms with Gasteiger partial charge < -0.3 is 9.88 Å². The van der Waals surface area contributed by atoms with Gasteiger partial charge in [0.2, 0.25) is 0 Å². The van der Waals surface area contributed by atoms with Gasteiger partial charge in [-0.3, -0.25) is 4.79 Å². The van der Waals surface area contributed by atoms with E-state index in [1.165, 1.54) is 0 Å². The van der Waals surface area contributed by atoms with Crippen LogP contribution >= 0.6 is 0 Å². The fourth-order valence-electron chi connectivity index (χ4n) is 1.68. The number of nitrogens with zero attached hydrogens (tertiary/aromatic N) is 2. The van der Waals surface area contributed by atoms with Crippen LogP contribution < -0.4 is 0 Å². The molecule has 1 aromatic carbocycles. The molecule has 4 nitrogen and oxygen atoms in total. The number of hydrogen-bond donors (Lipinski definition) is 1. The SMILES string of the molecule is C[C@@H](c1ccccc1)N(C)C(=O)c1ncc[nH]1. The molecule has 1 atom stereocenters. The number of carbonyl (C=O) groups excluding carboxylic acids is 1. The van der Waals surface area contributed by atoms with E-state index in [1.807, 2.05) is 37.3 Å². The van der Waals surface area contributed by atoms with Gasteiger partial charge in [-0.05, 0) is 12.5 Å². The highest BCUT2D eigenvalue weighted by molar-refractivity contribution is 5.90. The van der Waals surface area contributed by atoms with E-state index in [1.54, 1.807) is 24.3 Å². The molecule has 1 heterocycles. The van der Waals surface area contributed by atoms with Crippen LogP contribution in [-0.4, -0.2) is 27.8 Å². The minimum absolute atomic E-state index is 0.0220. The van der Waals surface area contributed by atoms with Crippen LogP contribution in [0.25, 0.3) is 0 Å². The molecule has 4 heteroatoms. The van der Waals surface area contributed by atoms with Gasteiger partial charge in [-0.25, -0.2) is 4.98 Å². The quantitative estimate of drug-likeness (QED) is 0.877. The summed E-state index contributed by atoms with van der Waals surface area (Å²) in [6.45, 7) is 2.00. The molecule has 1 amide bonds. The summed E-state index contributed by atoms with van der Waals surface area (Å²) in [6, 6.07) is 9.94. The van der Waals surface area contributed by atoms with Crippen LogP contribution in [0.3, 0.4) is 0 Å². The minimum atomic E-state index is -0.105. The average molecular weight is 229 g/mol. The molecule has 0 radical (unpaired) electrons. The van der Waals surface area contributed by atoms with Crippen LogP contribution in [0, 0.1) is 0 Å². The molecular weight excluding hydrogens is 214 g/mol. The van der Waals surface area contributed by atoms with E-state index in [2.05, 4.69) is 9.97 Å². The molecular formula is C13H15N3O. The number of H-pyrrole nitrogens is 1. The van der Waals surface area contributed by atoms with Crippen molar-refractivity contribution in [3.05, 3.63) is 54.1 Å². The zero-order valence-corrected chi connectivity index (χ0v) is 9.92. The summed E-state index contributed by atoms with van der Waals surface area (Å²) in [7, 11) is 1.78. The Morgan fingerprint density at radius 1 is 1.35 bits per heavy atom. The van der Waals surface area contributed by atoms with Crippen LogP contribution in [0.4, 0.5) is 0 Å². The van der Waals surface area contributed by atoms with Crippen LogP contribution in [0.1, 0.15) is 29.1 Å². The fraction of sp³-hybridized carbons (Fsp3) is 0.231. The van der Waals surface area contributed by atoms with Crippen molar-refractivity contribution < 1.29 is 4.79 Å². The molecule has 2 rings (SSSR count). The van der Waals surface area contributed by atoms with Gasteiger partial charge >= 0.3 is 0 Å². The summed E-state index contributed by atoms with van der Waals surface area (Å²) in [6.07, 6.45) is 3.22. The molecule has 0 unspecified atom stereocenters. The summed E-state index contributed by atoms with van der Waals surface area (Å²) in [5.41, 5.74) is 1.11. The standard InChI is InChI=1S/C13H15N3O/c1-10(11-6-4-3-5-7-11)16(2)13(17)12-14-8-9-15-12/h3-10H,1-2H3,(H,14,15)/t10-/m0/s1. The number of hydrogen-bond acceptors (Lipinski definition) is 2. The number of aromatic amines is 1. The third kappa shape index (κ3) is 2.36. The highest BCUT2D eigenvalue weighted by atomic mass is 16.2. The maximum Gasteiger partial charge on any atom is 0.289 e. The molecule has 0 aliphatic heterocycles. The molecule has 17 heavy (non-hydrogen) atoms. The number of nitrogens with one attached hydrogen (secondary N) is 1. The summed E-state index contributed by atoms with van der Waals surface area (Å²) in [4.78, 5) is 20.5. The largest absolute Gasteiger partial charge is 0.341 e. The number of benzene rings is 1. The molecule has 1 N–H and O–H groups in total. The van der Waals surface area contributed by atoms with Gasteiger partial charge in [-0.2, -0.15) is 0 Å². The zero-order valence-electron chi connectivity index (χ0n) is 9.92. The van der Waals surface area contributed by atoms with E-state index >= 15 is 0 Å². The van der Waals surface area contributed by atoms with Crippen molar-refractivity contribution in [3.8, 4) is 0 Å². The number of rotatable bonds is 3. The molecule has 0 fully saturated rings. The van der Waals surface area contributed by atoms with Crippen LogP contribution in [0.15, 0.2) is 42.7 Å². The van der Waals surface area contributed by atoms with Gasteiger partial charge in [0, 0.05) is 19.4 Å². The first-order valence-corrected chi connectivity index (χ1v) is 5.51. The lowest BCUT2D eigenvalue weighted by molar-refractivity contribution is 0.0731. The number of carbonyl (C=O) groups is 1. The smallest absolute Gasteiger partial charge is 0.289 e. The summed E-state index contributed by atoms with van der Waals surface area (Å²) < 4.78 is 0. The summed E-state index contributed by atoms with van der Waals surface area (Å²) in [5, 5.41) is 0. The molecule has 2 aromatic rings. The van der Waals surface area contributed by atoms with Crippen molar-refractivity contribution >= 4 is 5.91 Å². The minimum Gasteiger partial charge on any atom is -0.341 e. The Kier molecular flexibility index (Phi) is 3.23. The van der Waals surface area contributed by atoms with Crippen LogP contribution in [0.5, 0.6) is 0 Å². The third-order valence-electron chi connectivity index (χ3n) is 2.88. The van der Waals surface area contributed by atoms with Gasteiger partial charge in [0.1, 0.15) is 0 Å². The Hall–Kier alpha value is -2.10. The van der Waals surface area contributed by atoms with E-state index in [-0.39, 0.29) is 11.9 Å².